The van der Waals surface area contributed by atoms with Crippen LogP contribution in [0.1, 0.15) is 17.2 Å². The van der Waals surface area contributed by atoms with Crippen molar-refractivity contribution in [3.63, 3.8) is 0 Å². The van der Waals surface area contributed by atoms with Gasteiger partial charge in [-0.3, -0.25) is 10.2 Å². The molecular formula is C18H24N4O. The highest BCUT2D eigenvalue weighted by atomic mass is 16.1. The number of hydrazine groups is 1. The topological polar surface area (TPSA) is 47.6 Å². The molecule has 0 saturated heterocycles. The minimum atomic E-state index is -0.104. The van der Waals surface area contributed by atoms with E-state index >= 15 is 0 Å². The highest BCUT2D eigenvalue weighted by molar-refractivity contribution is 5.51. The van der Waals surface area contributed by atoms with Crippen LogP contribution in [0.2, 0.25) is 0 Å². The number of rotatable bonds is 7. The van der Waals surface area contributed by atoms with Crippen molar-refractivity contribution in [3.8, 4) is 0 Å². The molecule has 0 heterocycles. The fourth-order valence-electron chi connectivity index (χ4n) is 2.41. The number of carbonyl (C=O) groups is 1. The number of benzene rings is 2. The number of carbonyl (C=O) groups excluding carboxylic acids is 1. The lowest BCUT2D eigenvalue weighted by Gasteiger charge is -2.21. The second-order valence-corrected chi connectivity index (χ2v) is 5.81. The Morgan fingerprint density at radius 2 is 1.17 bits per heavy atom. The van der Waals surface area contributed by atoms with E-state index in [1.165, 1.54) is 0 Å². The van der Waals surface area contributed by atoms with Crippen LogP contribution in [0.4, 0.5) is 11.4 Å². The molecule has 122 valence electrons. The van der Waals surface area contributed by atoms with Gasteiger partial charge in [0.1, 0.15) is 0 Å². The van der Waals surface area contributed by atoms with Crippen molar-refractivity contribution in [2.45, 2.75) is 6.04 Å². The SMILES string of the molecule is CN(C)c1ccc(C(NNC=O)c2ccc(N(C)C)cc2)cc1. The summed E-state index contributed by atoms with van der Waals surface area (Å²) in [6.45, 7) is 0. The minimum absolute atomic E-state index is 0.104. The van der Waals surface area contributed by atoms with Gasteiger partial charge in [-0.2, -0.15) is 0 Å². The van der Waals surface area contributed by atoms with Crippen molar-refractivity contribution in [1.29, 1.82) is 0 Å². The van der Waals surface area contributed by atoms with Crippen LogP contribution in [0.25, 0.3) is 0 Å². The van der Waals surface area contributed by atoms with E-state index in [2.05, 4.69) is 69.2 Å². The first-order valence-corrected chi connectivity index (χ1v) is 7.52. The maximum absolute atomic E-state index is 10.7. The third-order valence-corrected chi connectivity index (χ3v) is 3.77. The van der Waals surface area contributed by atoms with Crippen LogP contribution in [0.3, 0.4) is 0 Å². The van der Waals surface area contributed by atoms with Crippen molar-refractivity contribution in [3.05, 3.63) is 59.7 Å². The fraction of sp³-hybridized carbons (Fsp3) is 0.278. The second-order valence-electron chi connectivity index (χ2n) is 5.81. The van der Waals surface area contributed by atoms with Crippen molar-refractivity contribution in [1.82, 2.24) is 10.9 Å². The first-order valence-electron chi connectivity index (χ1n) is 7.52. The van der Waals surface area contributed by atoms with E-state index in [1.807, 2.05) is 28.2 Å². The molecule has 0 aromatic heterocycles. The van der Waals surface area contributed by atoms with Gasteiger partial charge in [0.25, 0.3) is 0 Å². The minimum Gasteiger partial charge on any atom is -0.378 e. The molecule has 0 bridgehead atoms. The van der Waals surface area contributed by atoms with Gasteiger partial charge in [0.05, 0.1) is 6.04 Å². The summed E-state index contributed by atoms with van der Waals surface area (Å²) in [5, 5.41) is 0. The largest absolute Gasteiger partial charge is 0.378 e. The van der Waals surface area contributed by atoms with Crippen LogP contribution >= 0.6 is 0 Å². The molecule has 0 spiro atoms. The highest BCUT2D eigenvalue weighted by Crippen LogP contribution is 2.25. The molecule has 2 rings (SSSR count). The zero-order valence-electron chi connectivity index (χ0n) is 14.1. The lowest BCUT2D eigenvalue weighted by Crippen LogP contribution is -2.34. The van der Waals surface area contributed by atoms with Crippen LogP contribution in [0, 0.1) is 0 Å². The average Bonchev–Trinajstić information content (AvgIpc) is 2.56. The highest BCUT2D eigenvalue weighted by Gasteiger charge is 2.14. The van der Waals surface area contributed by atoms with Gasteiger partial charge in [0.15, 0.2) is 0 Å². The zero-order valence-corrected chi connectivity index (χ0v) is 14.1. The third-order valence-electron chi connectivity index (χ3n) is 3.77. The molecule has 2 N–H and O–H groups in total. The van der Waals surface area contributed by atoms with E-state index in [-0.39, 0.29) is 6.04 Å². The number of anilines is 2. The monoisotopic (exact) mass is 312 g/mol. The summed E-state index contributed by atoms with van der Waals surface area (Å²) in [5.74, 6) is 0. The van der Waals surface area contributed by atoms with Gasteiger partial charge in [-0.25, -0.2) is 5.43 Å². The molecule has 2 aromatic rings. The molecule has 0 aliphatic carbocycles. The van der Waals surface area contributed by atoms with Gasteiger partial charge in [-0.1, -0.05) is 24.3 Å². The molecule has 2 aromatic carbocycles. The van der Waals surface area contributed by atoms with Gasteiger partial charge < -0.3 is 9.80 Å². The Kier molecular flexibility index (Phi) is 5.60. The molecule has 23 heavy (non-hydrogen) atoms. The van der Waals surface area contributed by atoms with Gasteiger partial charge in [0.2, 0.25) is 6.41 Å². The maximum Gasteiger partial charge on any atom is 0.221 e. The van der Waals surface area contributed by atoms with Gasteiger partial charge in [0, 0.05) is 39.6 Å². The summed E-state index contributed by atoms with van der Waals surface area (Å²) in [6, 6.07) is 16.4. The predicted octanol–water partition coefficient (Wildman–Crippen LogP) is 2.16. The van der Waals surface area contributed by atoms with Crippen LogP contribution in [-0.4, -0.2) is 34.6 Å². The number of hydrogen-bond donors (Lipinski definition) is 2. The summed E-state index contributed by atoms with van der Waals surface area (Å²) in [6.07, 6.45) is 0.648. The number of nitrogens with zero attached hydrogens (tertiary/aromatic N) is 2. The van der Waals surface area contributed by atoms with Crippen molar-refractivity contribution >= 4 is 17.8 Å². The zero-order chi connectivity index (χ0) is 16.8. The summed E-state index contributed by atoms with van der Waals surface area (Å²) in [4.78, 5) is 14.8. The van der Waals surface area contributed by atoms with E-state index in [0.717, 1.165) is 22.5 Å². The Bertz CT molecular complexity index is 569. The lowest BCUT2D eigenvalue weighted by atomic mass is 9.98. The van der Waals surface area contributed by atoms with Crippen LogP contribution < -0.4 is 20.7 Å². The average molecular weight is 312 g/mol. The summed E-state index contributed by atoms with van der Waals surface area (Å²) >= 11 is 0. The summed E-state index contributed by atoms with van der Waals surface area (Å²) in [7, 11) is 8.05. The summed E-state index contributed by atoms with van der Waals surface area (Å²) < 4.78 is 0. The molecule has 5 nitrogen and oxygen atoms in total. The van der Waals surface area contributed by atoms with E-state index < -0.39 is 0 Å². The fourth-order valence-corrected chi connectivity index (χ4v) is 2.41. The Morgan fingerprint density at radius 1 is 0.783 bits per heavy atom. The van der Waals surface area contributed by atoms with E-state index in [4.69, 9.17) is 0 Å². The van der Waals surface area contributed by atoms with Gasteiger partial charge >= 0.3 is 0 Å². The smallest absolute Gasteiger partial charge is 0.221 e. The molecule has 0 unspecified atom stereocenters. The molecule has 0 radical (unpaired) electrons. The molecule has 0 aliphatic rings. The normalized spacial score (nSPS) is 10.5. The van der Waals surface area contributed by atoms with Gasteiger partial charge in [-0.15, -0.1) is 0 Å². The maximum atomic E-state index is 10.7. The van der Waals surface area contributed by atoms with Crippen molar-refractivity contribution in [2.24, 2.45) is 0 Å². The number of hydrogen-bond acceptors (Lipinski definition) is 4. The molecule has 5 heteroatoms. The Hall–Kier alpha value is -2.53. The lowest BCUT2D eigenvalue weighted by molar-refractivity contribution is -0.110. The van der Waals surface area contributed by atoms with Crippen molar-refractivity contribution < 1.29 is 4.79 Å². The van der Waals surface area contributed by atoms with Crippen LogP contribution in [0.15, 0.2) is 48.5 Å². The number of amides is 1. The Morgan fingerprint density at radius 3 is 1.48 bits per heavy atom. The Labute approximate surface area is 137 Å². The van der Waals surface area contributed by atoms with Crippen molar-refractivity contribution in [2.75, 3.05) is 38.0 Å². The molecular weight excluding hydrogens is 288 g/mol. The van der Waals surface area contributed by atoms with Gasteiger partial charge in [-0.05, 0) is 35.4 Å². The second kappa shape index (κ2) is 7.65. The van der Waals surface area contributed by atoms with Crippen LogP contribution in [0.5, 0.6) is 0 Å². The first kappa shape index (κ1) is 16.8. The molecule has 0 atom stereocenters. The number of nitrogens with one attached hydrogen (secondary N) is 2. The molecule has 0 saturated carbocycles. The standard InChI is InChI=1S/C18H24N4O/c1-21(2)16-9-5-14(6-10-16)18(20-19-13-23)15-7-11-17(12-8-15)22(3)4/h5-13,18,20H,1-4H3,(H,19,23). The van der Waals surface area contributed by atoms with Crippen LogP contribution in [-0.2, 0) is 4.79 Å². The first-order chi connectivity index (χ1) is 11.0. The van der Waals surface area contributed by atoms with E-state index in [1.54, 1.807) is 0 Å². The molecule has 1 amide bonds. The van der Waals surface area contributed by atoms with E-state index in [9.17, 15) is 4.79 Å². The Balaban J connectivity index is 2.30. The summed E-state index contributed by atoms with van der Waals surface area (Å²) in [5.41, 5.74) is 10.1. The van der Waals surface area contributed by atoms with E-state index in [0.29, 0.717) is 6.41 Å². The molecule has 0 fully saturated rings. The predicted molar refractivity (Wildman–Crippen MR) is 95.7 cm³/mol. The third kappa shape index (κ3) is 4.23. The molecule has 0 aliphatic heterocycles. The quantitative estimate of drug-likeness (QED) is 0.607.